The van der Waals surface area contributed by atoms with Crippen LogP contribution in [0.3, 0.4) is 0 Å². The van der Waals surface area contributed by atoms with Crippen LogP contribution in [0.1, 0.15) is 48.6 Å². The number of ketones is 1. The fourth-order valence-corrected chi connectivity index (χ4v) is 3.97. The van der Waals surface area contributed by atoms with Crippen LogP contribution in [0.2, 0.25) is 0 Å². The van der Waals surface area contributed by atoms with Gasteiger partial charge in [0.15, 0.2) is 17.0 Å². The average Bonchev–Trinajstić information content (AvgIpc) is 2.98. The van der Waals surface area contributed by atoms with Gasteiger partial charge in [-0.1, -0.05) is 12.1 Å². The summed E-state index contributed by atoms with van der Waals surface area (Å²) in [6.45, 7) is 4.75. The number of esters is 1. The molecule has 2 heterocycles. The zero-order valence-electron chi connectivity index (χ0n) is 15.7. The lowest BCUT2D eigenvalue weighted by Gasteiger charge is -2.07. The number of benzene rings is 1. The van der Waals surface area contributed by atoms with Crippen LogP contribution in [0.15, 0.2) is 33.5 Å². The van der Waals surface area contributed by atoms with Gasteiger partial charge in [0.25, 0.3) is 5.91 Å². The Balaban J connectivity index is 2.07. The van der Waals surface area contributed by atoms with Crippen LogP contribution in [0.4, 0.5) is 5.00 Å². The van der Waals surface area contributed by atoms with Gasteiger partial charge in [-0.3, -0.25) is 14.4 Å². The monoisotopic (exact) mass is 399 g/mol. The molecule has 0 radical (unpaired) electrons. The standard InChI is InChI=1S/C20H17NO6S/c1-9-6-5-7-12-13(23)8-14(27-16(9)12)18(24)21-19-15(20(25)26-4)10(2)17(28-19)11(3)22/h5-8H,1-4H3,(H,21,24). The highest BCUT2D eigenvalue weighted by atomic mass is 32.1. The van der Waals surface area contributed by atoms with Gasteiger partial charge < -0.3 is 14.5 Å². The molecule has 0 aliphatic heterocycles. The summed E-state index contributed by atoms with van der Waals surface area (Å²) in [4.78, 5) is 49.3. The molecular weight excluding hydrogens is 382 g/mol. The second-order valence-corrected chi connectivity index (χ2v) is 7.21. The molecule has 0 spiro atoms. The summed E-state index contributed by atoms with van der Waals surface area (Å²) < 4.78 is 10.4. The van der Waals surface area contributed by atoms with Crippen LogP contribution in [0.5, 0.6) is 0 Å². The van der Waals surface area contributed by atoms with Crippen molar-refractivity contribution in [3.05, 3.63) is 61.8 Å². The molecule has 0 saturated carbocycles. The molecule has 0 aliphatic carbocycles. The van der Waals surface area contributed by atoms with Crippen LogP contribution in [-0.2, 0) is 4.74 Å². The van der Waals surface area contributed by atoms with Crippen molar-refractivity contribution in [2.45, 2.75) is 20.8 Å². The molecule has 7 nitrogen and oxygen atoms in total. The molecule has 0 saturated heterocycles. The number of hydrogen-bond donors (Lipinski definition) is 1. The van der Waals surface area contributed by atoms with Gasteiger partial charge in [0.2, 0.25) is 0 Å². The van der Waals surface area contributed by atoms with Gasteiger partial charge in [0.05, 0.1) is 22.9 Å². The minimum absolute atomic E-state index is 0.102. The Kier molecular flexibility index (Phi) is 5.15. The van der Waals surface area contributed by atoms with Crippen LogP contribution in [0, 0.1) is 13.8 Å². The van der Waals surface area contributed by atoms with Crippen molar-refractivity contribution >= 4 is 45.0 Å². The van der Waals surface area contributed by atoms with Gasteiger partial charge in [0.1, 0.15) is 10.6 Å². The van der Waals surface area contributed by atoms with E-state index in [1.165, 1.54) is 14.0 Å². The first-order chi connectivity index (χ1) is 13.2. The summed E-state index contributed by atoms with van der Waals surface area (Å²) in [6.07, 6.45) is 0. The van der Waals surface area contributed by atoms with Crippen molar-refractivity contribution in [1.82, 2.24) is 0 Å². The number of thiophene rings is 1. The van der Waals surface area contributed by atoms with Crippen LogP contribution in [0.25, 0.3) is 11.0 Å². The van der Waals surface area contributed by atoms with E-state index in [0.29, 0.717) is 27.0 Å². The lowest BCUT2D eigenvalue weighted by Crippen LogP contribution is -2.16. The first-order valence-electron chi connectivity index (χ1n) is 8.32. The first kappa shape index (κ1) is 19.5. The number of nitrogens with one attached hydrogen (secondary N) is 1. The van der Waals surface area contributed by atoms with E-state index in [9.17, 15) is 19.2 Å². The maximum atomic E-state index is 12.7. The van der Waals surface area contributed by atoms with E-state index in [1.807, 2.05) is 0 Å². The topological polar surface area (TPSA) is 103 Å². The normalized spacial score (nSPS) is 10.7. The molecule has 0 bridgehead atoms. The average molecular weight is 399 g/mol. The van der Waals surface area contributed by atoms with E-state index in [4.69, 9.17) is 9.15 Å². The van der Waals surface area contributed by atoms with Crippen LogP contribution >= 0.6 is 11.3 Å². The van der Waals surface area contributed by atoms with E-state index in [1.54, 1.807) is 32.0 Å². The molecule has 0 aliphatic rings. The summed E-state index contributed by atoms with van der Waals surface area (Å²) in [5.74, 6) is -1.81. The third kappa shape index (κ3) is 3.34. The number of Topliss-reactive ketones (excluding diaryl/α,β-unsaturated/α-hetero) is 1. The molecular formula is C20H17NO6S. The van der Waals surface area contributed by atoms with Crippen molar-refractivity contribution in [2.75, 3.05) is 12.4 Å². The van der Waals surface area contributed by atoms with Crippen LogP contribution in [-0.4, -0.2) is 24.8 Å². The number of ether oxygens (including phenoxy) is 1. The second kappa shape index (κ2) is 7.40. The molecule has 1 N–H and O–H groups in total. The number of methoxy groups -OCH3 is 1. The molecule has 8 heteroatoms. The summed E-state index contributed by atoms with van der Waals surface area (Å²) in [5.41, 5.74) is 1.21. The number of fused-ring (bicyclic) bond motifs is 1. The van der Waals surface area contributed by atoms with Crippen molar-refractivity contribution in [1.29, 1.82) is 0 Å². The van der Waals surface area contributed by atoms with Gasteiger partial charge in [-0.25, -0.2) is 4.79 Å². The first-order valence-corrected chi connectivity index (χ1v) is 9.13. The number of para-hydroxylation sites is 1. The minimum atomic E-state index is -0.705. The fourth-order valence-electron chi connectivity index (χ4n) is 2.88. The highest BCUT2D eigenvalue weighted by molar-refractivity contribution is 7.18. The Morgan fingerprint density at radius 3 is 2.54 bits per heavy atom. The summed E-state index contributed by atoms with van der Waals surface area (Å²) >= 11 is 0.970. The van der Waals surface area contributed by atoms with Gasteiger partial charge in [-0.15, -0.1) is 11.3 Å². The Morgan fingerprint density at radius 1 is 1.18 bits per heavy atom. The predicted octanol–water partition coefficient (Wildman–Crippen LogP) is 3.71. The Hall–Kier alpha value is -3.26. The van der Waals surface area contributed by atoms with E-state index < -0.39 is 11.9 Å². The molecule has 0 fully saturated rings. The maximum absolute atomic E-state index is 12.7. The SMILES string of the molecule is COC(=O)c1c(NC(=O)c2cc(=O)c3cccc(C)c3o2)sc(C(C)=O)c1C. The van der Waals surface area contributed by atoms with Crippen molar-refractivity contribution in [2.24, 2.45) is 0 Å². The van der Waals surface area contributed by atoms with Gasteiger partial charge in [-0.05, 0) is 38.0 Å². The summed E-state index contributed by atoms with van der Waals surface area (Å²) in [7, 11) is 1.21. The van der Waals surface area contributed by atoms with Crippen molar-refractivity contribution < 1.29 is 23.5 Å². The second-order valence-electron chi connectivity index (χ2n) is 6.19. The number of anilines is 1. The molecule has 3 aromatic rings. The molecule has 28 heavy (non-hydrogen) atoms. The Morgan fingerprint density at radius 2 is 1.89 bits per heavy atom. The van der Waals surface area contributed by atoms with Crippen LogP contribution < -0.4 is 10.7 Å². The number of rotatable bonds is 4. The smallest absolute Gasteiger partial charge is 0.341 e. The summed E-state index contributed by atoms with van der Waals surface area (Å²) in [5, 5.41) is 3.10. The Labute approximate surface area is 163 Å². The molecule has 144 valence electrons. The highest BCUT2D eigenvalue weighted by Gasteiger charge is 2.26. The third-order valence-corrected chi connectivity index (χ3v) is 5.57. The molecule has 1 aromatic carbocycles. The van der Waals surface area contributed by atoms with E-state index in [-0.39, 0.29) is 27.5 Å². The Bertz CT molecular complexity index is 1190. The number of carbonyl (C=O) groups is 3. The lowest BCUT2D eigenvalue weighted by molar-refractivity contribution is 0.0601. The molecule has 3 rings (SSSR count). The predicted molar refractivity (Wildman–Crippen MR) is 106 cm³/mol. The van der Waals surface area contributed by atoms with Gasteiger partial charge >= 0.3 is 5.97 Å². The number of carbonyl (C=O) groups excluding carboxylic acids is 3. The molecule has 1 amide bonds. The van der Waals surface area contributed by atoms with E-state index in [0.717, 1.165) is 17.4 Å². The zero-order chi connectivity index (χ0) is 20.6. The fraction of sp³-hybridized carbons (Fsp3) is 0.200. The van der Waals surface area contributed by atoms with Gasteiger partial charge in [0, 0.05) is 6.07 Å². The zero-order valence-corrected chi connectivity index (χ0v) is 16.5. The molecule has 0 unspecified atom stereocenters. The van der Waals surface area contributed by atoms with Gasteiger partial charge in [-0.2, -0.15) is 0 Å². The van der Waals surface area contributed by atoms with Crippen molar-refractivity contribution in [3.8, 4) is 0 Å². The van der Waals surface area contributed by atoms with Crippen molar-refractivity contribution in [3.63, 3.8) is 0 Å². The molecule has 2 aromatic heterocycles. The quantitative estimate of drug-likeness (QED) is 0.530. The van der Waals surface area contributed by atoms with E-state index in [2.05, 4.69) is 5.32 Å². The highest BCUT2D eigenvalue weighted by Crippen LogP contribution is 2.34. The molecule has 0 atom stereocenters. The van der Waals surface area contributed by atoms with E-state index >= 15 is 0 Å². The number of hydrogen-bond acceptors (Lipinski definition) is 7. The number of aryl methyl sites for hydroxylation is 1. The maximum Gasteiger partial charge on any atom is 0.341 e. The lowest BCUT2D eigenvalue weighted by atomic mass is 10.1. The largest absolute Gasteiger partial charge is 0.465 e. The minimum Gasteiger partial charge on any atom is -0.465 e. The number of amides is 1. The summed E-state index contributed by atoms with van der Waals surface area (Å²) in [6, 6.07) is 6.22. The third-order valence-electron chi connectivity index (χ3n) is 4.26.